The van der Waals surface area contributed by atoms with Gasteiger partial charge in [-0.05, 0) is 12.1 Å². The van der Waals surface area contributed by atoms with Gasteiger partial charge in [-0.2, -0.15) is 4.98 Å². The SMILES string of the molecule is CN(C)c1nc(N2CCOCC2)ncc1NC(=O)Nc1cc(F)cc(F)c1. The summed E-state index contributed by atoms with van der Waals surface area (Å²) >= 11 is 0. The summed E-state index contributed by atoms with van der Waals surface area (Å²) in [7, 11) is 3.58. The fourth-order valence-electron chi connectivity index (χ4n) is 2.62. The zero-order valence-electron chi connectivity index (χ0n) is 15.0. The molecule has 8 nitrogen and oxygen atoms in total. The third-order valence-corrected chi connectivity index (χ3v) is 3.84. The highest BCUT2D eigenvalue weighted by molar-refractivity contribution is 6.01. The molecule has 1 aromatic carbocycles. The number of amides is 2. The molecule has 0 aliphatic carbocycles. The fourth-order valence-corrected chi connectivity index (χ4v) is 2.62. The summed E-state index contributed by atoms with van der Waals surface area (Å²) in [6.45, 7) is 2.58. The highest BCUT2D eigenvalue weighted by Gasteiger charge is 2.18. The van der Waals surface area contributed by atoms with E-state index in [9.17, 15) is 13.6 Å². The Hall–Kier alpha value is -3.01. The number of carbonyl (C=O) groups is 1. The second kappa shape index (κ2) is 8.12. The third-order valence-electron chi connectivity index (χ3n) is 3.84. The Kier molecular flexibility index (Phi) is 5.65. The Bertz CT molecular complexity index is 807. The normalized spacial score (nSPS) is 14.0. The smallest absolute Gasteiger partial charge is 0.323 e. The number of nitrogens with zero attached hydrogens (tertiary/aromatic N) is 4. The van der Waals surface area contributed by atoms with Crippen molar-refractivity contribution in [3.8, 4) is 0 Å². The molecular formula is C17H20F2N6O2. The van der Waals surface area contributed by atoms with E-state index in [1.54, 1.807) is 19.0 Å². The lowest BCUT2D eigenvalue weighted by atomic mass is 10.3. The van der Waals surface area contributed by atoms with Gasteiger partial charge in [-0.1, -0.05) is 0 Å². The predicted molar refractivity (Wildman–Crippen MR) is 98.4 cm³/mol. The lowest BCUT2D eigenvalue weighted by Gasteiger charge is -2.28. The van der Waals surface area contributed by atoms with Crippen molar-refractivity contribution in [3.05, 3.63) is 36.0 Å². The number of rotatable bonds is 4. The number of nitrogens with one attached hydrogen (secondary N) is 2. The fraction of sp³-hybridized carbons (Fsp3) is 0.353. The minimum atomic E-state index is -0.780. The number of ether oxygens (including phenoxy) is 1. The van der Waals surface area contributed by atoms with E-state index in [-0.39, 0.29) is 5.69 Å². The van der Waals surface area contributed by atoms with Crippen molar-refractivity contribution in [3.63, 3.8) is 0 Å². The molecule has 0 unspecified atom stereocenters. The van der Waals surface area contributed by atoms with Crippen LogP contribution in [0.25, 0.3) is 0 Å². The number of hydrogen-bond acceptors (Lipinski definition) is 6. The van der Waals surface area contributed by atoms with E-state index in [4.69, 9.17) is 4.74 Å². The Balaban J connectivity index is 1.75. The van der Waals surface area contributed by atoms with Gasteiger partial charge in [0.25, 0.3) is 0 Å². The van der Waals surface area contributed by atoms with Crippen LogP contribution in [0.15, 0.2) is 24.4 Å². The lowest BCUT2D eigenvalue weighted by Crippen LogP contribution is -2.37. The molecule has 1 aliphatic heterocycles. The monoisotopic (exact) mass is 378 g/mol. The minimum absolute atomic E-state index is 0.00209. The van der Waals surface area contributed by atoms with Crippen LogP contribution in [-0.4, -0.2) is 56.4 Å². The van der Waals surface area contributed by atoms with E-state index in [1.165, 1.54) is 6.20 Å². The summed E-state index contributed by atoms with van der Waals surface area (Å²) in [5.41, 5.74) is 0.369. The van der Waals surface area contributed by atoms with Crippen LogP contribution < -0.4 is 20.4 Å². The van der Waals surface area contributed by atoms with Gasteiger partial charge in [-0.15, -0.1) is 0 Å². The molecule has 2 heterocycles. The minimum Gasteiger partial charge on any atom is -0.378 e. The van der Waals surface area contributed by atoms with Gasteiger partial charge in [0.1, 0.15) is 17.3 Å². The molecule has 2 N–H and O–H groups in total. The second-order valence-corrected chi connectivity index (χ2v) is 6.14. The van der Waals surface area contributed by atoms with Crippen LogP contribution in [0.1, 0.15) is 0 Å². The molecule has 2 aromatic rings. The molecule has 3 rings (SSSR count). The predicted octanol–water partition coefficient (Wildman–Crippen LogP) is 2.30. The molecule has 1 aliphatic rings. The van der Waals surface area contributed by atoms with Gasteiger partial charge in [0, 0.05) is 38.9 Å². The van der Waals surface area contributed by atoms with Crippen molar-refractivity contribution in [2.24, 2.45) is 0 Å². The topological polar surface area (TPSA) is 82.6 Å². The van der Waals surface area contributed by atoms with Crippen molar-refractivity contribution in [2.75, 3.05) is 60.8 Å². The Morgan fingerprint density at radius 3 is 2.44 bits per heavy atom. The Morgan fingerprint density at radius 2 is 1.81 bits per heavy atom. The standard InChI is InChI=1S/C17H20F2N6O2/c1-24(2)15-14(10-20-16(23-15)25-3-5-27-6-4-25)22-17(26)21-13-8-11(18)7-12(19)9-13/h7-10H,3-6H2,1-2H3,(H2,21,22,26). The molecule has 1 fully saturated rings. The van der Waals surface area contributed by atoms with Gasteiger partial charge in [-0.3, -0.25) is 0 Å². The highest BCUT2D eigenvalue weighted by atomic mass is 19.1. The van der Waals surface area contributed by atoms with Gasteiger partial charge < -0.3 is 25.2 Å². The van der Waals surface area contributed by atoms with E-state index in [0.717, 1.165) is 18.2 Å². The quantitative estimate of drug-likeness (QED) is 0.850. The zero-order chi connectivity index (χ0) is 19.4. The molecule has 0 bridgehead atoms. The molecule has 144 valence electrons. The molecule has 0 saturated carbocycles. The van der Waals surface area contributed by atoms with Gasteiger partial charge in [0.05, 0.1) is 19.4 Å². The summed E-state index contributed by atoms with van der Waals surface area (Å²) in [6.07, 6.45) is 1.50. The molecule has 1 saturated heterocycles. The van der Waals surface area contributed by atoms with Crippen LogP contribution in [0.4, 0.5) is 36.7 Å². The van der Waals surface area contributed by atoms with E-state index in [0.29, 0.717) is 43.8 Å². The average Bonchev–Trinajstić information content (AvgIpc) is 2.61. The van der Waals surface area contributed by atoms with Crippen molar-refractivity contribution in [1.29, 1.82) is 0 Å². The van der Waals surface area contributed by atoms with Crippen LogP contribution in [0, 0.1) is 11.6 Å². The van der Waals surface area contributed by atoms with E-state index in [1.807, 2.05) is 4.90 Å². The van der Waals surface area contributed by atoms with Crippen LogP contribution in [0.3, 0.4) is 0 Å². The van der Waals surface area contributed by atoms with E-state index < -0.39 is 17.7 Å². The van der Waals surface area contributed by atoms with E-state index in [2.05, 4.69) is 20.6 Å². The lowest BCUT2D eigenvalue weighted by molar-refractivity contribution is 0.122. The average molecular weight is 378 g/mol. The molecule has 0 atom stereocenters. The molecule has 1 aromatic heterocycles. The summed E-state index contributed by atoms with van der Waals surface area (Å²) in [5, 5.41) is 4.99. The van der Waals surface area contributed by atoms with Crippen molar-refractivity contribution in [2.45, 2.75) is 0 Å². The van der Waals surface area contributed by atoms with Gasteiger partial charge >= 0.3 is 6.03 Å². The van der Waals surface area contributed by atoms with Crippen molar-refractivity contribution < 1.29 is 18.3 Å². The summed E-state index contributed by atoms with van der Waals surface area (Å²) in [5.74, 6) is -0.512. The third kappa shape index (κ3) is 4.79. The number of hydrogen-bond donors (Lipinski definition) is 2. The molecule has 0 radical (unpaired) electrons. The second-order valence-electron chi connectivity index (χ2n) is 6.14. The zero-order valence-corrected chi connectivity index (χ0v) is 15.0. The maximum Gasteiger partial charge on any atom is 0.323 e. The van der Waals surface area contributed by atoms with E-state index >= 15 is 0 Å². The number of aromatic nitrogens is 2. The molecule has 0 spiro atoms. The summed E-state index contributed by atoms with van der Waals surface area (Å²) in [6, 6.07) is 2.11. The molecule has 27 heavy (non-hydrogen) atoms. The first-order chi connectivity index (χ1) is 12.9. The number of morpholine rings is 1. The molecule has 2 amide bonds. The number of anilines is 4. The summed E-state index contributed by atoms with van der Waals surface area (Å²) < 4.78 is 31.8. The number of halogens is 2. The van der Waals surface area contributed by atoms with Crippen LogP contribution in [0.5, 0.6) is 0 Å². The molecular weight excluding hydrogens is 358 g/mol. The number of urea groups is 1. The van der Waals surface area contributed by atoms with Crippen molar-refractivity contribution >= 4 is 29.2 Å². The number of benzene rings is 1. The first kappa shape index (κ1) is 18.8. The summed E-state index contributed by atoms with van der Waals surface area (Å²) in [4.78, 5) is 24.7. The largest absolute Gasteiger partial charge is 0.378 e. The van der Waals surface area contributed by atoms with Crippen LogP contribution in [-0.2, 0) is 4.74 Å². The van der Waals surface area contributed by atoms with Gasteiger partial charge in [0.2, 0.25) is 5.95 Å². The van der Waals surface area contributed by atoms with Crippen LogP contribution in [0.2, 0.25) is 0 Å². The maximum absolute atomic E-state index is 13.2. The molecule has 10 heteroatoms. The first-order valence-electron chi connectivity index (χ1n) is 8.33. The highest BCUT2D eigenvalue weighted by Crippen LogP contribution is 2.24. The van der Waals surface area contributed by atoms with Crippen LogP contribution >= 0.6 is 0 Å². The van der Waals surface area contributed by atoms with Crippen molar-refractivity contribution in [1.82, 2.24) is 9.97 Å². The number of carbonyl (C=O) groups excluding carboxylic acids is 1. The van der Waals surface area contributed by atoms with Gasteiger partial charge in [-0.25, -0.2) is 18.6 Å². The first-order valence-corrected chi connectivity index (χ1v) is 8.33. The Morgan fingerprint density at radius 1 is 1.15 bits per heavy atom. The van der Waals surface area contributed by atoms with Gasteiger partial charge in [0.15, 0.2) is 5.82 Å². The maximum atomic E-state index is 13.2. The Labute approximate surface area is 155 Å².